The van der Waals surface area contributed by atoms with Crippen LogP contribution in [0.1, 0.15) is 55.6 Å². The Morgan fingerprint density at radius 2 is 1.62 bits per heavy atom. The van der Waals surface area contributed by atoms with Gasteiger partial charge >= 0.3 is 12.1 Å². The number of likely N-dealkylation sites (tertiary alicyclic amines) is 1. The maximum absolute atomic E-state index is 13.3. The number of fused-ring (bicyclic) bond motifs is 4. The van der Waals surface area contributed by atoms with Gasteiger partial charge in [0, 0.05) is 18.5 Å². The highest BCUT2D eigenvalue weighted by molar-refractivity contribution is 5.89. The van der Waals surface area contributed by atoms with Crippen LogP contribution in [0.3, 0.4) is 0 Å². The van der Waals surface area contributed by atoms with Crippen LogP contribution in [-0.4, -0.2) is 53.2 Å². The van der Waals surface area contributed by atoms with Crippen LogP contribution in [0.5, 0.6) is 0 Å². The van der Waals surface area contributed by atoms with Crippen LogP contribution in [0.25, 0.3) is 11.1 Å². The molecule has 178 valence electrons. The molecule has 3 aliphatic rings. The predicted molar refractivity (Wildman–Crippen MR) is 126 cm³/mol. The molecule has 0 spiro atoms. The van der Waals surface area contributed by atoms with E-state index in [-0.39, 0.29) is 24.5 Å². The van der Waals surface area contributed by atoms with Gasteiger partial charge < -0.3 is 20.1 Å². The van der Waals surface area contributed by atoms with Crippen molar-refractivity contribution in [3.8, 4) is 11.1 Å². The molecule has 1 aliphatic heterocycles. The molecule has 2 fully saturated rings. The Balaban J connectivity index is 1.26. The zero-order valence-electron chi connectivity index (χ0n) is 19.1. The summed E-state index contributed by atoms with van der Waals surface area (Å²) in [6, 6.07) is 15.1. The lowest BCUT2D eigenvalue weighted by Crippen LogP contribution is -2.52. The SMILES string of the molecule is O=C(O)CC(NC(=O)OCC1c2ccccc2-c2ccccc21)C(=O)N1CC[C@H]2CCCC[C@H]21. The van der Waals surface area contributed by atoms with Crippen LogP contribution < -0.4 is 5.32 Å². The number of alkyl carbamates (subject to hydrolysis) is 1. The van der Waals surface area contributed by atoms with Crippen molar-refractivity contribution in [3.05, 3.63) is 59.7 Å². The molecular weight excluding hydrogens is 432 g/mol. The molecule has 2 N–H and O–H groups in total. The molecule has 2 aliphatic carbocycles. The molecule has 34 heavy (non-hydrogen) atoms. The van der Waals surface area contributed by atoms with Gasteiger partial charge in [-0.2, -0.15) is 0 Å². The summed E-state index contributed by atoms with van der Waals surface area (Å²) in [6.07, 6.45) is 4.03. The number of carboxylic acid groups (broad SMARTS) is 1. The molecule has 1 saturated carbocycles. The number of aliphatic carboxylic acids is 1. The van der Waals surface area contributed by atoms with Gasteiger partial charge in [0.25, 0.3) is 0 Å². The zero-order chi connectivity index (χ0) is 23.7. The largest absolute Gasteiger partial charge is 0.481 e. The van der Waals surface area contributed by atoms with E-state index in [4.69, 9.17) is 4.74 Å². The summed E-state index contributed by atoms with van der Waals surface area (Å²) in [5.41, 5.74) is 4.44. The van der Waals surface area contributed by atoms with Crippen LogP contribution >= 0.6 is 0 Å². The number of amides is 2. The highest BCUT2D eigenvalue weighted by Gasteiger charge is 2.41. The Morgan fingerprint density at radius 1 is 0.971 bits per heavy atom. The molecule has 2 aromatic rings. The number of carbonyl (C=O) groups excluding carboxylic acids is 2. The average molecular weight is 463 g/mol. The molecule has 1 heterocycles. The lowest BCUT2D eigenvalue weighted by molar-refractivity contribution is -0.143. The van der Waals surface area contributed by atoms with E-state index < -0.39 is 24.5 Å². The Labute approximate surface area is 199 Å². The van der Waals surface area contributed by atoms with E-state index in [1.165, 1.54) is 6.42 Å². The Morgan fingerprint density at radius 3 is 2.29 bits per heavy atom. The minimum atomic E-state index is -1.13. The topological polar surface area (TPSA) is 95.9 Å². The Bertz CT molecular complexity index is 1050. The number of nitrogens with zero attached hydrogens (tertiary/aromatic N) is 1. The van der Waals surface area contributed by atoms with Crippen LogP contribution in [0.15, 0.2) is 48.5 Å². The lowest BCUT2D eigenvalue weighted by atomic mass is 9.85. The third-order valence-electron chi connectivity index (χ3n) is 7.61. The number of hydrogen-bond acceptors (Lipinski definition) is 4. The third kappa shape index (κ3) is 4.27. The minimum Gasteiger partial charge on any atom is -0.481 e. The standard InChI is InChI=1S/C27H30N2O5/c30-25(31)15-23(26(32)29-14-13-17-7-1-6-12-24(17)29)28-27(33)34-16-22-20-10-4-2-8-18(20)19-9-3-5-11-21(19)22/h2-5,8-11,17,22-24H,1,6-7,12-16H2,(H,28,33)(H,30,31)/t17-,23?,24-/m1/s1. The van der Waals surface area contributed by atoms with Gasteiger partial charge in [0.2, 0.25) is 5.91 Å². The maximum atomic E-state index is 13.3. The second kappa shape index (κ2) is 9.49. The molecule has 1 unspecified atom stereocenters. The van der Waals surface area contributed by atoms with Gasteiger partial charge in [0.15, 0.2) is 0 Å². The van der Waals surface area contributed by atoms with Crippen molar-refractivity contribution in [2.45, 2.75) is 56.5 Å². The van der Waals surface area contributed by atoms with E-state index in [1.54, 1.807) is 4.90 Å². The van der Waals surface area contributed by atoms with E-state index in [0.29, 0.717) is 12.5 Å². The van der Waals surface area contributed by atoms with Crippen LogP contribution in [0, 0.1) is 5.92 Å². The molecular formula is C27H30N2O5. The van der Waals surface area contributed by atoms with Gasteiger partial charge in [-0.3, -0.25) is 9.59 Å². The van der Waals surface area contributed by atoms with Crippen molar-refractivity contribution in [2.24, 2.45) is 5.92 Å². The van der Waals surface area contributed by atoms with Gasteiger partial charge in [0.1, 0.15) is 12.6 Å². The van der Waals surface area contributed by atoms with Crippen molar-refractivity contribution in [3.63, 3.8) is 0 Å². The first-order valence-electron chi connectivity index (χ1n) is 12.2. The number of carboxylic acids is 1. The first-order chi connectivity index (χ1) is 16.5. The highest BCUT2D eigenvalue weighted by Crippen LogP contribution is 2.44. The lowest BCUT2D eigenvalue weighted by Gasteiger charge is -2.33. The third-order valence-corrected chi connectivity index (χ3v) is 7.61. The van der Waals surface area contributed by atoms with Crippen LogP contribution in [0.2, 0.25) is 0 Å². The van der Waals surface area contributed by atoms with Gasteiger partial charge in [-0.15, -0.1) is 0 Å². The van der Waals surface area contributed by atoms with Gasteiger partial charge in [-0.05, 0) is 47.4 Å². The normalized spacial score (nSPS) is 21.8. The molecule has 0 radical (unpaired) electrons. The number of ether oxygens (including phenoxy) is 1. The summed E-state index contributed by atoms with van der Waals surface area (Å²) in [7, 11) is 0. The van der Waals surface area contributed by atoms with Crippen molar-refractivity contribution >= 4 is 18.0 Å². The van der Waals surface area contributed by atoms with Crippen LogP contribution in [-0.2, 0) is 14.3 Å². The second-order valence-electron chi connectivity index (χ2n) is 9.55. The molecule has 7 nitrogen and oxygen atoms in total. The summed E-state index contributed by atoms with van der Waals surface area (Å²) >= 11 is 0. The Hall–Kier alpha value is -3.35. The van der Waals surface area contributed by atoms with Crippen molar-refractivity contribution in [2.75, 3.05) is 13.2 Å². The van der Waals surface area contributed by atoms with E-state index in [2.05, 4.69) is 17.4 Å². The minimum absolute atomic E-state index is 0.103. The van der Waals surface area contributed by atoms with E-state index >= 15 is 0 Å². The molecule has 5 rings (SSSR count). The van der Waals surface area contributed by atoms with Gasteiger partial charge in [0.05, 0.1) is 6.42 Å². The average Bonchev–Trinajstić information content (AvgIpc) is 3.41. The number of nitrogens with one attached hydrogen (secondary N) is 1. The fraction of sp³-hybridized carbons (Fsp3) is 0.444. The highest BCUT2D eigenvalue weighted by atomic mass is 16.5. The Kier molecular flexibility index (Phi) is 6.26. The molecule has 0 aromatic heterocycles. The number of hydrogen-bond donors (Lipinski definition) is 2. The number of benzene rings is 2. The fourth-order valence-corrected chi connectivity index (χ4v) is 6.04. The number of rotatable bonds is 6. The summed E-state index contributed by atoms with van der Waals surface area (Å²) in [4.78, 5) is 39.2. The van der Waals surface area contributed by atoms with Crippen LogP contribution in [0.4, 0.5) is 4.79 Å². The first kappa shape index (κ1) is 22.4. The predicted octanol–water partition coefficient (Wildman–Crippen LogP) is 4.16. The fourth-order valence-electron chi connectivity index (χ4n) is 6.04. The van der Waals surface area contributed by atoms with Crippen molar-refractivity contribution < 1.29 is 24.2 Å². The van der Waals surface area contributed by atoms with E-state index in [1.807, 2.05) is 36.4 Å². The quantitative estimate of drug-likeness (QED) is 0.672. The van der Waals surface area contributed by atoms with E-state index in [9.17, 15) is 19.5 Å². The van der Waals surface area contributed by atoms with Crippen molar-refractivity contribution in [1.29, 1.82) is 0 Å². The first-order valence-corrected chi connectivity index (χ1v) is 12.2. The molecule has 3 atom stereocenters. The monoisotopic (exact) mass is 462 g/mol. The van der Waals surface area contributed by atoms with E-state index in [0.717, 1.165) is 47.9 Å². The summed E-state index contributed by atoms with van der Waals surface area (Å²) in [6.45, 7) is 0.735. The molecule has 1 saturated heterocycles. The molecule has 0 bridgehead atoms. The second-order valence-corrected chi connectivity index (χ2v) is 9.55. The van der Waals surface area contributed by atoms with Gasteiger partial charge in [-0.1, -0.05) is 61.4 Å². The summed E-state index contributed by atoms with van der Waals surface area (Å²) in [5.74, 6) is -1.06. The van der Waals surface area contributed by atoms with Crippen molar-refractivity contribution in [1.82, 2.24) is 10.2 Å². The smallest absolute Gasteiger partial charge is 0.407 e. The number of carbonyl (C=O) groups is 3. The summed E-state index contributed by atoms with van der Waals surface area (Å²) in [5, 5.41) is 11.9. The maximum Gasteiger partial charge on any atom is 0.407 e. The summed E-state index contributed by atoms with van der Waals surface area (Å²) < 4.78 is 5.56. The molecule has 7 heteroatoms. The zero-order valence-corrected chi connectivity index (χ0v) is 19.1. The molecule has 2 amide bonds. The van der Waals surface area contributed by atoms with Gasteiger partial charge in [-0.25, -0.2) is 4.79 Å². The molecule has 2 aromatic carbocycles.